The average molecular weight is 614 g/mol. The van der Waals surface area contributed by atoms with Crippen LogP contribution >= 0.6 is 0 Å². The fourth-order valence-electron chi connectivity index (χ4n) is 7.15. The van der Waals surface area contributed by atoms with Crippen molar-refractivity contribution in [3.63, 3.8) is 0 Å². The first-order chi connectivity index (χ1) is 22.7. The minimum atomic E-state index is -1.01. The Balaban J connectivity index is 1.31. The van der Waals surface area contributed by atoms with Crippen molar-refractivity contribution in [3.8, 4) is 22.3 Å². The zero-order valence-corrected chi connectivity index (χ0v) is 27.1. The van der Waals surface area contributed by atoms with Gasteiger partial charge in [-0.2, -0.15) is 0 Å². The van der Waals surface area contributed by atoms with E-state index in [9.17, 15) is 5.11 Å². The van der Waals surface area contributed by atoms with E-state index in [0.29, 0.717) is 7.48 Å². The third-order valence-electron chi connectivity index (χ3n) is 10.3. The van der Waals surface area contributed by atoms with Gasteiger partial charge in [-0.1, -0.05) is 103 Å². The van der Waals surface area contributed by atoms with Crippen molar-refractivity contribution < 1.29 is 14.2 Å². The molecule has 0 unspecified atom stereocenters. The van der Waals surface area contributed by atoms with Gasteiger partial charge >= 0.3 is 7.48 Å². The summed E-state index contributed by atoms with van der Waals surface area (Å²) in [5.41, 5.74) is 10.1. The number of hydrogen-bond acceptors (Lipinski definition) is 4. The maximum atomic E-state index is 10.7. The Morgan fingerprint density at radius 3 is 1.98 bits per heavy atom. The van der Waals surface area contributed by atoms with Crippen molar-refractivity contribution >= 4 is 34.9 Å². The van der Waals surface area contributed by atoms with Crippen LogP contribution in [-0.4, -0.2) is 28.8 Å². The highest BCUT2D eigenvalue weighted by Crippen LogP contribution is 2.56. The van der Waals surface area contributed by atoms with E-state index < -0.39 is 16.6 Å². The number of furan rings is 1. The van der Waals surface area contributed by atoms with Crippen LogP contribution in [0.4, 0.5) is 0 Å². The number of benzene rings is 5. The first-order valence-electron chi connectivity index (χ1n) is 16.2. The lowest BCUT2D eigenvalue weighted by molar-refractivity contribution is -0.0893. The number of aliphatic hydroxyl groups is 1. The fraction of sp³-hybridized carbons (Fsp3) is 0.167. The second kappa shape index (κ2) is 10.8. The highest BCUT2D eigenvalue weighted by atomic mass is 16.5. The summed E-state index contributed by atoms with van der Waals surface area (Å²) in [5, 5.41) is 12.7. The molecule has 230 valence electrons. The molecular formula is C42H36BNO3. The quantitative estimate of drug-likeness (QED) is 0.183. The number of pyridine rings is 1. The summed E-state index contributed by atoms with van der Waals surface area (Å²) in [6.07, 6.45) is 3.60. The maximum absolute atomic E-state index is 10.7. The molecule has 0 amide bonds. The summed E-state index contributed by atoms with van der Waals surface area (Å²) in [6.45, 7) is 7.35. The Bertz CT molecular complexity index is 2230. The first kappa shape index (κ1) is 29.4. The lowest BCUT2D eigenvalue weighted by atomic mass is 9.67. The van der Waals surface area contributed by atoms with Crippen LogP contribution in [0, 0.1) is 0 Å². The van der Waals surface area contributed by atoms with Crippen molar-refractivity contribution in [2.75, 3.05) is 0 Å². The molecule has 7 aromatic rings. The van der Waals surface area contributed by atoms with Gasteiger partial charge in [-0.25, -0.2) is 0 Å². The van der Waals surface area contributed by atoms with Gasteiger partial charge in [0.2, 0.25) is 0 Å². The molecule has 0 radical (unpaired) electrons. The number of nitrogens with zero attached hydrogens (tertiary/aromatic N) is 1. The molecule has 2 aromatic heterocycles. The Kier molecular flexibility index (Phi) is 6.76. The molecule has 4 nitrogen and oxygen atoms in total. The molecule has 0 bridgehead atoms. The van der Waals surface area contributed by atoms with E-state index in [1.807, 2.05) is 20.0 Å². The van der Waals surface area contributed by atoms with Crippen molar-refractivity contribution in [1.29, 1.82) is 0 Å². The molecule has 0 saturated carbocycles. The minimum Gasteiger partial charge on any atom is -0.454 e. The molecule has 0 saturated heterocycles. The standard InChI is InChI=1S/C42H36BNO3/c1-40(2,45)41(3,4)47-43-36-25-44-26-38-39(36)33-23-27(20-22-37(33)46-38)28-19-21-32-31-17-11-12-18-34(31)42(35(32)24-28,29-13-7-5-8-14-29)30-15-9-6-10-16-30/h5-26,43,45H,1-4H3. The molecule has 0 atom stereocenters. The van der Waals surface area contributed by atoms with Crippen LogP contribution in [0.5, 0.6) is 0 Å². The van der Waals surface area contributed by atoms with Crippen LogP contribution < -0.4 is 5.46 Å². The molecule has 47 heavy (non-hydrogen) atoms. The van der Waals surface area contributed by atoms with Crippen LogP contribution in [-0.2, 0) is 10.1 Å². The van der Waals surface area contributed by atoms with Gasteiger partial charge in [-0.3, -0.25) is 4.98 Å². The van der Waals surface area contributed by atoms with Gasteiger partial charge in [0.1, 0.15) is 5.58 Å². The van der Waals surface area contributed by atoms with Crippen LogP contribution in [0.15, 0.2) is 138 Å². The second-order valence-electron chi connectivity index (χ2n) is 13.6. The highest BCUT2D eigenvalue weighted by Gasteiger charge is 2.46. The van der Waals surface area contributed by atoms with E-state index in [1.54, 1.807) is 20.0 Å². The van der Waals surface area contributed by atoms with Gasteiger partial charge in [0.25, 0.3) is 0 Å². The molecule has 1 aliphatic rings. The van der Waals surface area contributed by atoms with E-state index in [-0.39, 0.29) is 0 Å². The van der Waals surface area contributed by atoms with Gasteiger partial charge in [-0.15, -0.1) is 0 Å². The third kappa shape index (κ3) is 4.56. The second-order valence-corrected chi connectivity index (χ2v) is 13.6. The summed E-state index contributed by atoms with van der Waals surface area (Å²) in [5.74, 6) is 0. The summed E-state index contributed by atoms with van der Waals surface area (Å²) in [6, 6.07) is 43.9. The SMILES string of the molecule is CC(C)(O)C(C)(C)OBc1cncc2oc3ccc(-c4ccc5c(c4)C(c4ccccc4)(c4ccccc4)c4ccccc4-5)cc3c12. The predicted octanol–water partition coefficient (Wildman–Crippen LogP) is 8.55. The third-order valence-corrected chi connectivity index (χ3v) is 10.3. The van der Waals surface area contributed by atoms with Crippen LogP contribution in [0.3, 0.4) is 0 Å². The fourth-order valence-corrected chi connectivity index (χ4v) is 7.15. The van der Waals surface area contributed by atoms with E-state index in [1.165, 1.54) is 33.4 Å². The van der Waals surface area contributed by atoms with Crippen LogP contribution in [0.25, 0.3) is 44.2 Å². The van der Waals surface area contributed by atoms with Crippen molar-refractivity contribution in [3.05, 3.63) is 156 Å². The molecular weight excluding hydrogens is 577 g/mol. The molecule has 8 rings (SSSR count). The van der Waals surface area contributed by atoms with E-state index in [2.05, 4.69) is 126 Å². The van der Waals surface area contributed by atoms with Crippen molar-refractivity contribution in [2.45, 2.75) is 44.3 Å². The largest absolute Gasteiger partial charge is 0.454 e. The van der Waals surface area contributed by atoms with E-state index >= 15 is 0 Å². The average Bonchev–Trinajstić information content (AvgIpc) is 3.61. The van der Waals surface area contributed by atoms with Crippen molar-refractivity contribution in [1.82, 2.24) is 4.98 Å². The zero-order chi connectivity index (χ0) is 32.4. The molecule has 2 heterocycles. The summed E-state index contributed by atoms with van der Waals surface area (Å²) < 4.78 is 12.6. The molecule has 1 aliphatic carbocycles. The van der Waals surface area contributed by atoms with Crippen molar-refractivity contribution in [2.24, 2.45) is 0 Å². The molecule has 1 N–H and O–H groups in total. The number of aromatic nitrogens is 1. The van der Waals surface area contributed by atoms with Crippen LogP contribution in [0.2, 0.25) is 0 Å². The van der Waals surface area contributed by atoms with Gasteiger partial charge < -0.3 is 14.2 Å². The van der Waals surface area contributed by atoms with Crippen LogP contribution in [0.1, 0.15) is 49.9 Å². The molecule has 0 fully saturated rings. The van der Waals surface area contributed by atoms with E-state index in [4.69, 9.17) is 9.07 Å². The number of hydrogen-bond donors (Lipinski definition) is 1. The number of rotatable bonds is 7. The topological polar surface area (TPSA) is 55.5 Å². The summed E-state index contributed by atoms with van der Waals surface area (Å²) in [4.78, 5) is 4.45. The first-order valence-corrected chi connectivity index (χ1v) is 16.2. The Morgan fingerprint density at radius 1 is 0.660 bits per heavy atom. The van der Waals surface area contributed by atoms with Gasteiger partial charge in [-0.05, 0) is 95.9 Å². The molecule has 5 aromatic carbocycles. The van der Waals surface area contributed by atoms with Gasteiger partial charge in [0.15, 0.2) is 5.58 Å². The minimum absolute atomic E-state index is 0.300. The summed E-state index contributed by atoms with van der Waals surface area (Å²) >= 11 is 0. The monoisotopic (exact) mass is 613 g/mol. The lowest BCUT2D eigenvalue weighted by Crippen LogP contribution is -2.49. The Labute approximate surface area is 276 Å². The maximum Gasteiger partial charge on any atom is 0.311 e. The normalized spacial score (nSPS) is 13.9. The Morgan fingerprint density at radius 2 is 1.28 bits per heavy atom. The van der Waals surface area contributed by atoms with Gasteiger partial charge in [0.05, 0.1) is 22.8 Å². The predicted molar refractivity (Wildman–Crippen MR) is 192 cm³/mol. The number of fused-ring (bicyclic) bond motifs is 6. The smallest absolute Gasteiger partial charge is 0.311 e. The molecule has 0 aliphatic heterocycles. The highest BCUT2D eigenvalue weighted by molar-refractivity contribution is 6.52. The summed E-state index contributed by atoms with van der Waals surface area (Å²) in [7, 11) is 0.300. The van der Waals surface area contributed by atoms with Gasteiger partial charge in [0, 0.05) is 17.0 Å². The van der Waals surface area contributed by atoms with E-state index in [0.717, 1.165) is 38.5 Å². The lowest BCUT2D eigenvalue weighted by Gasteiger charge is -2.37. The molecule has 0 spiro atoms. The Hall–Kier alpha value is -4.97. The zero-order valence-electron chi connectivity index (χ0n) is 27.1. The molecule has 5 heteroatoms.